The second-order valence-electron chi connectivity index (χ2n) is 17.9. The van der Waals surface area contributed by atoms with Crippen molar-refractivity contribution in [1.29, 1.82) is 0 Å². The topological polar surface area (TPSA) is 43.6 Å². The molecule has 4 nitrogen and oxygen atoms in total. The highest BCUT2D eigenvalue weighted by Gasteiger charge is 2.51. The van der Waals surface area contributed by atoms with E-state index in [4.69, 9.17) is 15.0 Å². The third-order valence-electron chi connectivity index (χ3n) is 14.3. The highest BCUT2D eigenvalue weighted by molar-refractivity contribution is 6.16. The Balaban J connectivity index is 0.969. The molecule has 2 heterocycles. The molecule has 316 valence electrons. The van der Waals surface area contributed by atoms with Gasteiger partial charge in [0.25, 0.3) is 0 Å². The molecule has 0 radical (unpaired) electrons. The molecule has 2 aliphatic carbocycles. The van der Waals surface area contributed by atoms with Crippen molar-refractivity contribution in [3.05, 3.63) is 265 Å². The van der Waals surface area contributed by atoms with E-state index in [-0.39, 0.29) is 0 Å². The molecule has 2 aliphatic rings. The summed E-state index contributed by atoms with van der Waals surface area (Å²) in [5, 5.41) is 2.29. The van der Waals surface area contributed by atoms with Gasteiger partial charge in [0.05, 0.1) is 16.4 Å². The molecular weight excluding hydrogens is 825 g/mol. The molecule has 0 bridgehead atoms. The fraction of sp³-hybridized carbons (Fsp3) is 0.0156. The van der Waals surface area contributed by atoms with E-state index in [1.54, 1.807) is 0 Å². The van der Waals surface area contributed by atoms with Crippen molar-refractivity contribution < 1.29 is 0 Å². The van der Waals surface area contributed by atoms with Crippen LogP contribution in [0.15, 0.2) is 243 Å². The van der Waals surface area contributed by atoms with Crippen LogP contribution in [0.5, 0.6) is 0 Å². The molecule has 14 rings (SSSR count). The predicted molar refractivity (Wildman–Crippen MR) is 278 cm³/mol. The number of rotatable bonds is 6. The first kappa shape index (κ1) is 38.3. The standard InChI is InChI=1S/C64H40N4/c1-3-16-41(17-4-1)43-30-34-45(35-31-43)61-65-62(46-36-32-44(33-37-46)42-18-5-2-6-19-42)67-63(66-61)68-58-28-14-10-23-53(58)60-48(24-15-29-59(60)68)47-38-39-52-51-22-9-13-27-56(51)64(57(52)40-47)54-25-11-7-20-49(54)50-21-8-12-26-55(50)64/h1-40H. The fourth-order valence-electron chi connectivity index (χ4n) is 11.3. The van der Waals surface area contributed by atoms with E-state index in [0.29, 0.717) is 17.6 Å². The van der Waals surface area contributed by atoms with Gasteiger partial charge in [0, 0.05) is 21.9 Å². The van der Waals surface area contributed by atoms with Crippen molar-refractivity contribution in [2.45, 2.75) is 5.41 Å². The van der Waals surface area contributed by atoms with Crippen LogP contribution >= 0.6 is 0 Å². The molecule has 1 spiro atoms. The molecule has 0 N–H and O–H groups in total. The summed E-state index contributed by atoms with van der Waals surface area (Å²) in [6.07, 6.45) is 0. The molecule has 0 atom stereocenters. The van der Waals surface area contributed by atoms with E-state index in [0.717, 1.165) is 60.8 Å². The Morgan fingerprint density at radius 1 is 0.279 bits per heavy atom. The average Bonchev–Trinajstić information content (AvgIpc) is 4.03. The molecule has 0 saturated carbocycles. The second kappa shape index (κ2) is 15.0. The van der Waals surface area contributed by atoms with E-state index >= 15 is 0 Å². The van der Waals surface area contributed by atoms with E-state index in [1.165, 1.54) is 50.1 Å². The van der Waals surface area contributed by atoms with Crippen LogP contribution in [0.3, 0.4) is 0 Å². The SMILES string of the molecule is c1ccc(-c2ccc(-c3nc(-c4ccc(-c5ccccc5)cc4)nc(-n4c5ccccc5c5c(-c6ccc7c(c6)C6(c8ccccc8-c8ccccc86)c6ccccc6-7)cccc54)n3)cc2)cc1. The maximum Gasteiger partial charge on any atom is 0.238 e. The first-order chi connectivity index (χ1) is 33.7. The summed E-state index contributed by atoms with van der Waals surface area (Å²) in [6.45, 7) is 0. The molecule has 10 aromatic carbocycles. The minimum Gasteiger partial charge on any atom is -0.278 e. The van der Waals surface area contributed by atoms with Crippen LogP contribution in [0.1, 0.15) is 22.3 Å². The predicted octanol–water partition coefficient (Wildman–Crippen LogP) is 15.6. The third kappa shape index (κ3) is 5.64. The van der Waals surface area contributed by atoms with Crippen LogP contribution in [0.4, 0.5) is 0 Å². The number of para-hydroxylation sites is 1. The van der Waals surface area contributed by atoms with Gasteiger partial charge in [-0.25, -0.2) is 4.98 Å². The van der Waals surface area contributed by atoms with Gasteiger partial charge in [0.2, 0.25) is 5.95 Å². The van der Waals surface area contributed by atoms with Crippen LogP contribution in [0.25, 0.3) is 106 Å². The summed E-state index contributed by atoms with van der Waals surface area (Å²) < 4.78 is 2.23. The van der Waals surface area contributed by atoms with Crippen LogP contribution in [-0.2, 0) is 5.41 Å². The number of nitrogens with zero attached hydrogens (tertiary/aromatic N) is 4. The lowest BCUT2D eigenvalue weighted by Gasteiger charge is -2.30. The van der Waals surface area contributed by atoms with Gasteiger partial charge >= 0.3 is 0 Å². The van der Waals surface area contributed by atoms with Gasteiger partial charge in [0.1, 0.15) is 0 Å². The van der Waals surface area contributed by atoms with Crippen LogP contribution in [0.2, 0.25) is 0 Å². The lowest BCUT2D eigenvalue weighted by Crippen LogP contribution is -2.25. The zero-order valence-electron chi connectivity index (χ0n) is 36.9. The van der Waals surface area contributed by atoms with Crippen molar-refractivity contribution in [1.82, 2.24) is 19.5 Å². The number of benzene rings is 10. The Morgan fingerprint density at radius 3 is 1.25 bits per heavy atom. The number of hydrogen-bond acceptors (Lipinski definition) is 3. The largest absolute Gasteiger partial charge is 0.278 e. The van der Waals surface area contributed by atoms with Gasteiger partial charge in [0.15, 0.2) is 11.6 Å². The van der Waals surface area contributed by atoms with Crippen molar-refractivity contribution in [3.63, 3.8) is 0 Å². The fourth-order valence-corrected chi connectivity index (χ4v) is 11.3. The smallest absolute Gasteiger partial charge is 0.238 e. The zero-order chi connectivity index (χ0) is 44.8. The Hall–Kier alpha value is -8.99. The van der Waals surface area contributed by atoms with Gasteiger partial charge < -0.3 is 0 Å². The Labute approximate surface area is 394 Å². The molecule has 0 aliphatic heterocycles. The van der Waals surface area contributed by atoms with E-state index < -0.39 is 5.41 Å². The number of fused-ring (bicyclic) bond motifs is 13. The molecule has 0 amide bonds. The second-order valence-corrected chi connectivity index (χ2v) is 17.9. The van der Waals surface area contributed by atoms with Crippen LogP contribution in [0, 0.1) is 0 Å². The molecular formula is C64H40N4. The van der Waals surface area contributed by atoms with E-state index in [9.17, 15) is 0 Å². The number of aromatic nitrogens is 4. The first-order valence-electron chi connectivity index (χ1n) is 23.3. The van der Waals surface area contributed by atoms with Crippen LogP contribution in [-0.4, -0.2) is 19.5 Å². The molecule has 0 fully saturated rings. The summed E-state index contributed by atoms with van der Waals surface area (Å²) in [5.74, 6) is 1.79. The molecule has 4 heteroatoms. The normalized spacial score (nSPS) is 12.8. The van der Waals surface area contributed by atoms with Crippen molar-refractivity contribution >= 4 is 21.8 Å². The third-order valence-corrected chi connectivity index (χ3v) is 14.3. The number of hydrogen-bond donors (Lipinski definition) is 0. The van der Waals surface area contributed by atoms with Gasteiger partial charge in [-0.3, -0.25) is 4.57 Å². The Kier molecular flexibility index (Phi) is 8.46. The minimum atomic E-state index is -0.437. The van der Waals surface area contributed by atoms with Gasteiger partial charge in [-0.2, -0.15) is 9.97 Å². The molecule has 0 unspecified atom stereocenters. The monoisotopic (exact) mass is 864 g/mol. The van der Waals surface area contributed by atoms with Gasteiger partial charge in [-0.1, -0.05) is 224 Å². The van der Waals surface area contributed by atoms with E-state index in [1.807, 2.05) is 12.1 Å². The van der Waals surface area contributed by atoms with Crippen molar-refractivity contribution in [2.75, 3.05) is 0 Å². The minimum absolute atomic E-state index is 0.437. The van der Waals surface area contributed by atoms with Gasteiger partial charge in [-0.05, 0) is 96.1 Å². The lowest BCUT2D eigenvalue weighted by molar-refractivity contribution is 0.794. The Morgan fingerprint density at radius 2 is 0.691 bits per heavy atom. The summed E-state index contributed by atoms with van der Waals surface area (Å²) in [7, 11) is 0. The van der Waals surface area contributed by atoms with Crippen molar-refractivity contribution in [2.24, 2.45) is 0 Å². The molecule has 2 aromatic heterocycles. The van der Waals surface area contributed by atoms with Gasteiger partial charge in [-0.15, -0.1) is 0 Å². The summed E-state index contributed by atoms with van der Waals surface area (Å²) in [6, 6.07) is 87.5. The Bertz CT molecular complexity index is 3780. The summed E-state index contributed by atoms with van der Waals surface area (Å²) >= 11 is 0. The van der Waals surface area contributed by atoms with Crippen LogP contribution < -0.4 is 0 Å². The average molecular weight is 865 g/mol. The summed E-state index contributed by atoms with van der Waals surface area (Å²) in [4.78, 5) is 15.9. The molecule has 12 aromatic rings. The highest BCUT2D eigenvalue weighted by Crippen LogP contribution is 2.63. The maximum absolute atomic E-state index is 5.34. The molecule has 68 heavy (non-hydrogen) atoms. The zero-order valence-corrected chi connectivity index (χ0v) is 36.9. The van der Waals surface area contributed by atoms with Crippen molar-refractivity contribution in [3.8, 4) is 84.4 Å². The summed E-state index contributed by atoms with van der Waals surface area (Å²) in [5.41, 5.74) is 20.9. The highest BCUT2D eigenvalue weighted by atomic mass is 15.2. The molecule has 0 saturated heterocycles. The van der Waals surface area contributed by atoms with E-state index in [2.05, 4.69) is 235 Å². The lowest BCUT2D eigenvalue weighted by atomic mass is 9.70. The maximum atomic E-state index is 5.34. The quantitative estimate of drug-likeness (QED) is 0.167. The first-order valence-corrected chi connectivity index (χ1v) is 23.3.